The van der Waals surface area contributed by atoms with Crippen molar-refractivity contribution in [3.05, 3.63) is 87.4 Å². The van der Waals surface area contributed by atoms with E-state index in [9.17, 15) is 0 Å². The largest absolute Gasteiger partial charge is 0.317 e. The third kappa shape index (κ3) is 2.89. The van der Waals surface area contributed by atoms with Crippen LogP contribution in [0.2, 0.25) is 0 Å². The van der Waals surface area contributed by atoms with Gasteiger partial charge in [0.15, 0.2) is 0 Å². The lowest BCUT2D eigenvalue weighted by Gasteiger charge is -2.36. The zero-order valence-corrected chi connectivity index (χ0v) is 16.5. The normalized spacial score (nSPS) is 17.3. The SMILES string of the molecule is Cc1cc2ncn(CN3CCc4sccc4C3c3ccccc3)c2cc1C. The minimum atomic E-state index is 0.310. The number of aryl methyl sites for hydroxylation is 2. The molecule has 0 fully saturated rings. The zero-order chi connectivity index (χ0) is 18.4. The van der Waals surface area contributed by atoms with Crippen LogP contribution in [-0.2, 0) is 13.1 Å². The quantitative estimate of drug-likeness (QED) is 0.485. The fourth-order valence-electron chi connectivity index (χ4n) is 4.17. The summed E-state index contributed by atoms with van der Waals surface area (Å²) in [6, 6.07) is 18.0. The Bertz CT molecular complexity index is 1090. The highest BCUT2D eigenvalue weighted by molar-refractivity contribution is 7.10. The molecule has 2 aromatic heterocycles. The summed E-state index contributed by atoms with van der Waals surface area (Å²) in [7, 11) is 0. The highest BCUT2D eigenvalue weighted by Crippen LogP contribution is 2.38. The van der Waals surface area contributed by atoms with Gasteiger partial charge in [-0.15, -0.1) is 11.3 Å². The van der Waals surface area contributed by atoms with E-state index in [0.717, 1.165) is 25.2 Å². The first-order chi connectivity index (χ1) is 13.2. The second-order valence-corrected chi connectivity index (χ2v) is 8.46. The van der Waals surface area contributed by atoms with Gasteiger partial charge in [-0.2, -0.15) is 0 Å². The lowest BCUT2D eigenvalue weighted by molar-refractivity contribution is 0.169. The van der Waals surface area contributed by atoms with E-state index in [-0.39, 0.29) is 0 Å². The van der Waals surface area contributed by atoms with E-state index in [0.29, 0.717) is 6.04 Å². The molecule has 0 saturated heterocycles. The average Bonchev–Trinajstić information content (AvgIpc) is 3.30. The van der Waals surface area contributed by atoms with E-state index in [1.54, 1.807) is 0 Å². The molecule has 0 bridgehead atoms. The molecule has 4 aromatic rings. The van der Waals surface area contributed by atoms with E-state index in [1.165, 1.54) is 32.6 Å². The highest BCUT2D eigenvalue weighted by atomic mass is 32.1. The second-order valence-electron chi connectivity index (χ2n) is 7.46. The minimum Gasteiger partial charge on any atom is -0.317 e. The molecule has 0 saturated carbocycles. The molecule has 0 amide bonds. The number of thiophene rings is 1. The van der Waals surface area contributed by atoms with Gasteiger partial charge in [0.05, 0.1) is 30.1 Å². The van der Waals surface area contributed by atoms with Gasteiger partial charge in [0.1, 0.15) is 0 Å². The number of fused-ring (bicyclic) bond motifs is 2. The number of benzene rings is 2. The summed E-state index contributed by atoms with van der Waals surface area (Å²) >= 11 is 1.89. The third-order valence-corrected chi connectivity index (χ3v) is 6.75. The lowest BCUT2D eigenvalue weighted by atomic mass is 9.94. The molecule has 2 aromatic carbocycles. The monoisotopic (exact) mass is 373 g/mol. The molecule has 3 heterocycles. The van der Waals surface area contributed by atoms with E-state index < -0.39 is 0 Å². The molecule has 1 aliphatic heterocycles. The van der Waals surface area contributed by atoms with Gasteiger partial charge in [0.25, 0.3) is 0 Å². The standard InChI is InChI=1S/C23H23N3S/c1-16-12-20-21(13-17(16)2)26(14-24-20)15-25-10-8-22-19(9-11-27-22)23(25)18-6-4-3-5-7-18/h3-7,9,11-14,23H,8,10,15H2,1-2H3. The summed E-state index contributed by atoms with van der Waals surface area (Å²) in [6.45, 7) is 6.25. The summed E-state index contributed by atoms with van der Waals surface area (Å²) in [5, 5.41) is 2.24. The maximum atomic E-state index is 4.66. The number of aromatic nitrogens is 2. The molecule has 4 heteroatoms. The van der Waals surface area contributed by atoms with Crippen molar-refractivity contribution in [2.24, 2.45) is 0 Å². The Kier molecular flexibility index (Phi) is 4.10. The van der Waals surface area contributed by atoms with Crippen LogP contribution in [-0.4, -0.2) is 21.0 Å². The first-order valence-corrected chi connectivity index (χ1v) is 10.4. The highest BCUT2D eigenvalue weighted by Gasteiger charge is 2.29. The average molecular weight is 374 g/mol. The Labute approximate surface area is 163 Å². The molecule has 5 rings (SSSR count). The molecule has 0 aliphatic carbocycles. The number of imidazole rings is 1. The molecular formula is C23H23N3S. The molecule has 0 radical (unpaired) electrons. The number of hydrogen-bond acceptors (Lipinski definition) is 3. The van der Waals surface area contributed by atoms with E-state index in [2.05, 4.69) is 82.2 Å². The molecule has 1 unspecified atom stereocenters. The van der Waals surface area contributed by atoms with Gasteiger partial charge in [-0.05, 0) is 66.1 Å². The first-order valence-electron chi connectivity index (χ1n) is 9.48. The summed E-state index contributed by atoms with van der Waals surface area (Å²) in [5.41, 5.74) is 7.77. The van der Waals surface area contributed by atoms with E-state index in [1.807, 2.05) is 17.7 Å². The van der Waals surface area contributed by atoms with Crippen molar-refractivity contribution in [2.45, 2.75) is 33.0 Å². The van der Waals surface area contributed by atoms with Crippen LogP contribution in [0.4, 0.5) is 0 Å². The smallest absolute Gasteiger partial charge is 0.0969 e. The van der Waals surface area contributed by atoms with Crippen LogP contribution in [0.25, 0.3) is 11.0 Å². The fraction of sp³-hybridized carbons (Fsp3) is 0.261. The van der Waals surface area contributed by atoms with Crippen molar-refractivity contribution in [3.63, 3.8) is 0 Å². The van der Waals surface area contributed by atoms with Crippen LogP contribution in [0, 0.1) is 13.8 Å². The van der Waals surface area contributed by atoms with Crippen molar-refractivity contribution in [1.82, 2.24) is 14.5 Å². The maximum Gasteiger partial charge on any atom is 0.0969 e. The second kappa shape index (κ2) is 6.63. The van der Waals surface area contributed by atoms with Crippen LogP contribution in [0.15, 0.2) is 60.2 Å². The van der Waals surface area contributed by atoms with Crippen molar-refractivity contribution < 1.29 is 0 Å². The maximum absolute atomic E-state index is 4.66. The van der Waals surface area contributed by atoms with Crippen molar-refractivity contribution in [3.8, 4) is 0 Å². The van der Waals surface area contributed by atoms with Gasteiger partial charge >= 0.3 is 0 Å². The predicted octanol–water partition coefficient (Wildman–Crippen LogP) is 5.32. The Morgan fingerprint density at radius 3 is 2.74 bits per heavy atom. The van der Waals surface area contributed by atoms with Crippen LogP contribution < -0.4 is 0 Å². The van der Waals surface area contributed by atoms with Gasteiger partial charge in [-0.1, -0.05) is 30.3 Å². The molecule has 3 nitrogen and oxygen atoms in total. The topological polar surface area (TPSA) is 21.1 Å². The number of hydrogen-bond donors (Lipinski definition) is 0. The van der Waals surface area contributed by atoms with Gasteiger partial charge in [-0.25, -0.2) is 4.98 Å². The van der Waals surface area contributed by atoms with E-state index >= 15 is 0 Å². The Hall–Kier alpha value is -2.43. The molecule has 1 aliphatic rings. The van der Waals surface area contributed by atoms with E-state index in [4.69, 9.17) is 0 Å². The summed E-state index contributed by atoms with van der Waals surface area (Å²) in [5.74, 6) is 0. The van der Waals surface area contributed by atoms with Gasteiger partial charge in [0, 0.05) is 11.4 Å². The minimum absolute atomic E-state index is 0.310. The molecule has 1 atom stereocenters. The molecular weight excluding hydrogens is 350 g/mol. The first kappa shape index (κ1) is 16.7. The number of nitrogens with zero attached hydrogens (tertiary/aromatic N) is 3. The van der Waals surface area contributed by atoms with Crippen LogP contribution in [0.3, 0.4) is 0 Å². The van der Waals surface area contributed by atoms with Crippen molar-refractivity contribution in [2.75, 3.05) is 6.54 Å². The zero-order valence-electron chi connectivity index (χ0n) is 15.7. The summed E-state index contributed by atoms with van der Waals surface area (Å²) < 4.78 is 2.30. The molecule has 27 heavy (non-hydrogen) atoms. The van der Waals surface area contributed by atoms with Crippen LogP contribution in [0.5, 0.6) is 0 Å². The fourth-order valence-corrected chi connectivity index (χ4v) is 5.07. The van der Waals surface area contributed by atoms with Gasteiger partial charge in [0.2, 0.25) is 0 Å². The lowest BCUT2D eigenvalue weighted by Crippen LogP contribution is -2.36. The third-order valence-electron chi connectivity index (χ3n) is 5.75. The Morgan fingerprint density at radius 1 is 1.07 bits per heavy atom. The van der Waals surface area contributed by atoms with Crippen LogP contribution in [0.1, 0.15) is 33.2 Å². The summed E-state index contributed by atoms with van der Waals surface area (Å²) in [4.78, 5) is 8.77. The molecule has 0 N–H and O–H groups in total. The number of rotatable bonds is 3. The summed E-state index contributed by atoms with van der Waals surface area (Å²) in [6.07, 6.45) is 3.12. The van der Waals surface area contributed by atoms with Gasteiger partial charge in [-0.3, -0.25) is 4.90 Å². The van der Waals surface area contributed by atoms with Gasteiger partial charge < -0.3 is 4.57 Å². The molecule has 0 spiro atoms. The predicted molar refractivity (Wildman–Crippen MR) is 112 cm³/mol. The Morgan fingerprint density at radius 2 is 1.89 bits per heavy atom. The Balaban J connectivity index is 1.55. The van der Waals surface area contributed by atoms with Crippen molar-refractivity contribution in [1.29, 1.82) is 0 Å². The van der Waals surface area contributed by atoms with Crippen LogP contribution >= 0.6 is 11.3 Å². The van der Waals surface area contributed by atoms with Crippen molar-refractivity contribution >= 4 is 22.4 Å². The molecule has 136 valence electrons.